The molecule has 0 aliphatic carbocycles. The second kappa shape index (κ2) is 7.64. The lowest BCUT2D eigenvalue weighted by Gasteiger charge is -2.48. The fraction of sp³-hybridized carbons (Fsp3) is 1.00. The van der Waals surface area contributed by atoms with E-state index in [1.165, 1.54) is 45.1 Å². The van der Waals surface area contributed by atoms with Crippen LogP contribution in [0.25, 0.3) is 0 Å². The SMILES string of the molecule is CC(C)CC(CN)(CC(C)C)N1CCCCCC1C. The van der Waals surface area contributed by atoms with Gasteiger partial charge in [0.25, 0.3) is 0 Å². The second-order valence-corrected chi connectivity index (χ2v) is 7.52. The third kappa shape index (κ3) is 4.75. The molecular weight excluding hydrogens is 232 g/mol. The molecule has 0 aromatic carbocycles. The molecule has 1 saturated heterocycles. The molecule has 19 heavy (non-hydrogen) atoms. The van der Waals surface area contributed by atoms with Gasteiger partial charge in [-0.15, -0.1) is 0 Å². The topological polar surface area (TPSA) is 29.3 Å². The van der Waals surface area contributed by atoms with Crippen LogP contribution in [0, 0.1) is 11.8 Å². The second-order valence-electron chi connectivity index (χ2n) is 7.52. The smallest absolute Gasteiger partial charge is 0.0339 e. The van der Waals surface area contributed by atoms with Gasteiger partial charge in [-0.25, -0.2) is 0 Å². The Morgan fingerprint density at radius 3 is 2.11 bits per heavy atom. The molecule has 0 bridgehead atoms. The maximum absolute atomic E-state index is 6.31. The number of hydrogen-bond donors (Lipinski definition) is 1. The van der Waals surface area contributed by atoms with E-state index >= 15 is 0 Å². The summed E-state index contributed by atoms with van der Waals surface area (Å²) in [6.07, 6.45) is 7.96. The fourth-order valence-electron chi connectivity index (χ4n) is 4.10. The quantitative estimate of drug-likeness (QED) is 0.787. The molecular formula is C17H36N2. The molecule has 0 saturated carbocycles. The maximum atomic E-state index is 6.31. The summed E-state index contributed by atoms with van der Waals surface area (Å²) >= 11 is 0. The Balaban J connectivity index is 2.96. The van der Waals surface area contributed by atoms with Gasteiger partial charge in [-0.2, -0.15) is 0 Å². The van der Waals surface area contributed by atoms with Gasteiger partial charge in [0, 0.05) is 18.1 Å². The van der Waals surface area contributed by atoms with E-state index in [4.69, 9.17) is 5.73 Å². The van der Waals surface area contributed by atoms with Gasteiger partial charge in [-0.05, 0) is 51.0 Å². The van der Waals surface area contributed by atoms with E-state index in [1.54, 1.807) is 0 Å². The Morgan fingerprint density at radius 1 is 1.05 bits per heavy atom. The summed E-state index contributed by atoms with van der Waals surface area (Å²) in [6.45, 7) is 13.8. The first kappa shape index (κ1) is 17.0. The third-order valence-corrected chi connectivity index (χ3v) is 4.62. The highest BCUT2D eigenvalue weighted by Gasteiger charge is 2.39. The summed E-state index contributed by atoms with van der Waals surface area (Å²) in [7, 11) is 0. The predicted molar refractivity (Wildman–Crippen MR) is 85.3 cm³/mol. The molecule has 114 valence electrons. The molecule has 2 heteroatoms. The number of hydrogen-bond acceptors (Lipinski definition) is 2. The van der Waals surface area contributed by atoms with Crippen LogP contribution in [0.3, 0.4) is 0 Å². The van der Waals surface area contributed by atoms with E-state index < -0.39 is 0 Å². The van der Waals surface area contributed by atoms with Gasteiger partial charge in [0.1, 0.15) is 0 Å². The minimum atomic E-state index is 0.228. The van der Waals surface area contributed by atoms with Crippen molar-refractivity contribution in [3.8, 4) is 0 Å². The van der Waals surface area contributed by atoms with Crippen LogP contribution in [-0.2, 0) is 0 Å². The predicted octanol–water partition coefficient (Wildman–Crippen LogP) is 4.04. The van der Waals surface area contributed by atoms with Crippen LogP contribution >= 0.6 is 0 Å². The summed E-state index contributed by atoms with van der Waals surface area (Å²) in [5.74, 6) is 1.44. The zero-order valence-electron chi connectivity index (χ0n) is 13.9. The van der Waals surface area contributed by atoms with E-state index in [0.717, 1.165) is 18.4 Å². The lowest BCUT2D eigenvalue weighted by atomic mass is 9.79. The molecule has 1 fully saturated rings. The zero-order chi connectivity index (χ0) is 14.5. The first-order valence-electron chi connectivity index (χ1n) is 8.38. The lowest BCUT2D eigenvalue weighted by molar-refractivity contribution is 0.0234. The van der Waals surface area contributed by atoms with Crippen molar-refractivity contribution in [2.45, 2.75) is 84.7 Å². The molecule has 2 nitrogen and oxygen atoms in total. The molecule has 1 heterocycles. The molecule has 0 amide bonds. The molecule has 1 aliphatic heterocycles. The fourth-order valence-corrected chi connectivity index (χ4v) is 4.10. The molecule has 0 aromatic heterocycles. The Bertz CT molecular complexity index is 238. The van der Waals surface area contributed by atoms with Crippen molar-refractivity contribution in [1.29, 1.82) is 0 Å². The van der Waals surface area contributed by atoms with E-state index in [0.29, 0.717) is 6.04 Å². The standard InChI is InChI=1S/C17H36N2/c1-14(2)11-17(13-18,12-15(3)4)19-10-8-6-7-9-16(19)5/h14-16H,6-13,18H2,1-5H3. The van der Waals surface area contributed by atoms with E-state index in [2.05, 4.69) is 39.5 Å². The van der Waals surface area contributed by atoms with Crippen LogP contribution in [0.1, 0.15) is 73.1 Å². The van der Waals surface area contributed by atoms with Gasteiger partial charge in [0.2, 0.25) is 0 Å². The van der Waals surface area contributed by atoms with E-state index in [-0.39, 0.29) is 5.54 Å². The Labute approximate surface area is 121 Å². The summed E-state index contributed by atoms with van der Waals surface area (Å²) in [5, 5.41) is 0. The molecule has 1 atom stereocenters. The summed E-state index contributed by atoms with van der Waals surface area (Å²) in [6, 6.07) is 0.698. The van der Waals surface area contributed by atoms with Crippen LogP contribution in [-0.4, -0.2) is 29.6 Å². The van der Waals surface area contributed by atoms with E-state index in [1.807, 2.05) is 0 Å². The Hall–Kier alpha value is -0.0800. The molecule has 2 N–H and O–H groups in total. The minimum Gasteiger partial charge on any atom is -0.329 e. The van der Waals surface area contributed by atoms with Crippen LogP contribution in [0.2, 0.25) is 0 Å². The van der Waals surface area contributed by atoms with Crippen LogP contribution in [0.5, 0.6) is 0 Å². The average Bonchev–Trinajstić information content (AvgIpc) is 2.52. The van der Waals surface area contributed by atoms with Crippen LogP contribution in [0.15, 0.2) is 0 Å². The monoisotopic (exact) mass is 268 g/mol. The number of nitrogens with two attached hydrogens (primary N) is 1. The summed E-state index contributed by atoms with van der Waals surface area (Å²) in [5.41, 5.74) is 6.54. The Kier molecular flexibility index (Phi) is 6.82. The van der Waals surface area contributed by atoms with Crippen molar-refractivity contribution >= 4 is 0 Å². The van der Waals surface area contributed by atoms with Crippen molar-refractivity contribution in [3.05, 3.63) is 0 Å². The number of rotatable bonds is 6. The van der Waals surface area contributed by atoms with Gasteiger partial charge >= 0.3 is 0 Å². The highest BCUT2D eigenvalue weighted by atomic mass is 15.2. The van der Waals surface area contributed by atoms with Crippen LogP contribution < -0.4 is 5.73 Å². The first-order chi connectivity index (χ1) is 8.91. The van der Waals surface area contributed by atoms with Crippen molar-refractivity contribution in [1.82, 2.24) is 4.90 Å². The number of likely N-dealkylation sites (tertiary alicyclic amines) is 1. The van der Waals surface area contributed by atoms with Crippen molar-refractivity contribution in [2.75, 3.05) is 13.1 Å². The Morgan fingerprint density at radius 2 is 1.63 bits per heavy atom. The molecule has 1 rings (SSSR count). The zero-order valence-corrected chi connectivity index (χ0v) is 13.9. The maximum Gasteiger partial charge on any atom is 0.0339 e. The van der Waals surface area contributed by atoms with Crippen molar-refractivity contribution < 1.29 is 0 Å². The third-order valence-electron chi connectivity index (χ3n) is 4.62. The van der Waals surface area contributed by atoms with Gasteiger partial charge in [-0.1, -0.05) is 40.5 Å². The molecule has 0 spiro atoms. The molecule has 0 aromatic rings. The van der Waals surface area contributed by atoms with Gasteiger partial charge < -0.3 is 5.73 Å². The molecule has 0 radical (unpaired) electrons. The highest BCUT2D eigenvalue weighted by Crippen LogP contribution is 2.34. The normalized spacial score (nSPS) is 23.1. The number of nitrogens with zero attached hydrogens (tertiary/aromatic N) is 1. The van der Waals surface area contributed by atoms with Gasteiger partial charge in [0.05, 0.1) is 0 Å². The van der Waals surface area contributed by atoms with Crippen molar-refractivity contribution in [2.24, 2.45) is 17.6 Å². The summed E-state index contributed by atoms with van der Waals surface area (Å²) in [4.78, 5) is 2.78. The van der Waals surface area contributed by atoms with Crippen molar-refractivity contribution in [3.63, 3.8) is 0 Å². The highest BCUT2D eigenvalue weighted by molar-refractivity contribution is 4.96. The minimum absolute atomic E-state index is 0.228. The van der Waals surface area contributed by atoms with Gasteiger partial charge in [0.15, 0.2) is 0 Å². The lowest BCUT2D eigenvalue weighted by Crippen LogP contribution is -2.58. The van der Waals surface area contributed by atoms with Crippen LogP contribution in [0.4, 0.5) is 0 Å². The van der Waals surface area contributed by atoms with E-state index in [9.17, 15) is 0 Å². The average molecular weight is 268 g/mol. The summed E-state index contributed by atoms with van der Waals surface area (Å²) < 4.78 is 0. The van der Waals surface area contributed by atoms with Gasteiger partial charge in [-0.3, -0.25) is 4.90 Å². The molecule has 1 unspecified atom stereocenters. The molecule has 1 aliphatic rings. The first-order valence-corrected chi connectivity index (χ1v) is 8.38. The largest absolute Gasteiger partial charge is 0.329 e.